The van der Waals surface area contributed by atoms with Crippen LogP contribution in [0.3, 0.4) is 0 Å². The molecular formula is C25H22N4O4. The highest BCUT2D eigenvalue weighted by atomic mass is 16.7. The van der Waals surface area contributed by atoms with Crippen molar-refractivity contribution in [2.75, 3.05) is 18.5 Å². The molecule has 2 heterocycles. The summed E-state index contributed by atoms with van der Waals surface area (Å²) in [5.41, 5.74) is 4.13. The van der Waals surface area contributed by atoms with Gasteiger partial charge in [0.1, 0.15) is 17.9 Å². The van der Waals surface area contributed by atoms with Crippen LogP contribution in [0.15, 0.2) is 88.4 Å². The lowest BCUT2D eigenvalue weighted by atomic mass is 10.0. The Morgan fingerprint density at radius 1 is 1.00 bits per heavy atom. The van der Waals surface area contributed by atoms with Gasteiger partial charge in [-0.3, -0.25) is 5.32 Å². The zero-order chi connectivity index (χ0) is 22.5. The number of nitrogens with zero attached hydrogens (tertiary/aromatic N) is 2. The molecule has 33 heavy (non-hydrogen) atoms. The Morgan fingerprint density at radius 3 is 2.67 bits per heavy atom. The summed E-state index contributed by atoms with van der Waals surface area (Å²) in [6.45, 7) is 0.606. The Kier molecular flexibility index (Phi) is 5.88. The smallest absolute Gasteiger partial charge is 0.323 e. The van der Waals surface area contributed by atoms with Crippen LogP contribution in [0.25, 0.3) is 22.2 Å². The van der Waals surface area contributed by atoms with Crippen molar-refractivity contribution in [3.63, 3.8) is 0 Å². The van der Waals surface area contributed by atoms with Gasteiger partial charge in [-0.2, -0.15) is 4.98 Å². The largest absolute Gasteiger partial charge is 0.489 e. The molecule has 0 bridgehead atoms. The number of nitrogens with one attached hydrogen (secondary N) is 2. The molecule has 0 fully saturated rings. The monoisotopic (exact) mass is 442 g/mol. The van der Waals surface area contributed by atoms with Gasteiger partial charge in [-0.05, 0) is 23.8 Å². The predicted molar refractivity (Wildman–Crippen MR) is 125 cm³/mol. The van der Waals surface area contributed by atoms with E-state index in [1.54, 1.807) is 6.07 Å². The molecule has 0 spiro atoms. The third-order valence-electron chi connectivity index (χ3n) is 5.16. The van der Waals surface area contributed by atoms with Crippen LogP contribution in [0.1, 0.15) is 6.42 Å². The van der Waals surface area contributed by atoms with Gasteiger partial charge in [0.05, 0.1) is 12.3 Å². The van der Waals surface area contributed by atoms with Crippen molar-refractivity contribution >= 4 is 28.9 Å². The molecule has 1 aromatic heterocycles. The predicted octanol–water partition coefficient (Wildman–Crippen LogP) is 4.84. The van der Waals surface area contributed by atoms with E-state index in [1.165, 1.54) is 0 Å². The van der Waals surface area contributed by atoms with Crippen molar-refractivity contribution < 1.29 is 18.8 Å². The number of urea groups is 1. The molecule has 8 nitrogen and oxygen atoms in total. The molecule has 5 rings (SSSR count). The number of ether oxygens (including phenoxy) is 1. The normalized spacial score (nSPS) is 15.0. The molecule has 1 atom stereocenters. The lowest BCUT2D eigenvalue weighted by Crippen LogP contribution is -2.33. The Bertz CT molecular complexity index is 1250. The minimum Gasteiger partial charge on any atom is -0.489 e. The molecule has 2 amide bonds. The number of carbonyl (C=O) groups excluding carboxylic acids is 1. The molecule has 2 N–H and O–H groups in total. The number of hydrogen-bond donors (Lipinski definition) is 2. The maximum absolute atomic E-state index is 12.2. The number of benzene rings is 3. The molecule has 166 valence electrons. The summed E-state index contributed by atoms with van der Waals surface area (Å²) in [6.07, 6.45) is 0.349. The fraction of sp³-hybridized carbons (Fsp3) is 0.160. The quantitative estimate of drug-likeness (QED) is 0.427. The zero-order valence-corrected chi connectivity index (χ0v) is 17.7. The Morgan fingerprint density at radius 2 is 1.79 bits per heavy atom. The summed E-state index contributed by atoms with van der Waals surface area (Å²) < 4.78 is 11.5. The van der Waals surface area contributed by atoms with E-state index in [9.17, 15) is 4.79 Å². The lowest BCUT2D eigenvalue weighted by Gasteiger charge is -2.14. The number of hydrogen-bond acceptors (Lipinski definition) is 6. The molecule has 1 aliphatic heterocycles. The molecule has 1 aliphatic rings. The maximum Gasteiger partial charge on any atom is 0.323 e. The Hall–Kier alpha value is -4.33. The topological polar surface area (TPSA) is 98.0 Å². The fourth-order valence-electron chi connectivity index (χ4n) is 3.56. The fourth-order valence-corrected chi connectivity index (χ4v) is 3.56. The van der Waals surface area contributed by atoms with Gasteiger partial charge in [-0.25, -0.2) is 4.79 Å². The van der Waals surface area contributed by atoms with Crippen molar-refractivity contribution in [1.82, 2.24) is 10.3 Å². The van der Waals surface area contributed by atoms with E-state index >= 15 is 0 Å². The van der Waals surface area contributed by atoms with Crippen LogP contribution in [0, 0.1) is 0 Å². The number of anilines is 1. The van der Waals surface area contributed by atoms with Crippen molar-refractivity contribution in [3.05, 3.63) is 78.9 Å². The van der Waals surface area contributed by atoms with E-state index in [0.717, 1.165) is 22.6 Å². The van der Waals surface area contributed by atoms with Crippen LogP contribution in [0.2, 0.25) is 0 Å². The van der Waals surface area contributed by atoms with Crippen LogP contribution in [-0.4, -0.2) is 36.0 Å². The Labute approximate surface area is 190 Å². The molecule has 0 radical (unpaired) electrons. The zero-order valence-electron chi connectivity index (χ0n) is 17.7. The third kappa shape index (κ3) is 4.95. The first kappa shape index (κ1) is 20.6. The van der Waals surface area contributed by atoms with E-state index < -0.39 is 6.03 Å². The molecule has 3 aromatic carbocycles. The summed E-state index contributed by atoms with van der Waals surface area (Å²) in [7, 11) is 0. The van der Waals surface area contributed by atoms with Crippen molar-refractivity contribution in [2.24, 2.45) is 5.16 Å². The van der Waals surface area contributed by atoms with Gasteiger partial charge in [-0.1, -0.05) is 65.8 Å². The lowest BCUT2D eigenvalue weighted by molar-refractivity contribution is 0.0472. The molecule has 0 aliphatic carbocycles. The van der Waals surface area contributed by atoms with Crippen LogP contribution < -0.4 is 15.4 Å². The number of para-hydroxylation sites is 3. The summed E-state index contributed by atoms with van der Waals surface area (Å²) in [5, 5.41) is 9.41. The first-order chi connectivity index (χ1) is 16.2. The number of rotatable bonds is 7. The van der Waals surface area contributed by atoms with E-state index in [2.05, 4.69) is 20.8 Å². The van der Waals surface area contributed by atoms with Gasteiger partial charge >= 0.3 is 12.0 Å². The average Bonchev–Trinajstić information content (AvgIpc) is 3.48. The van der Waals surface area contributed by atoms with Crippen molar-refractivity contribution in [2.45, 2.75) is 12.5 Å². The van der Waals surface area contributed by atoms with E-state index in [1.807, 2.05) is 72.8 Å². The summed E-state index contributed by atoms with van der Waals surface area (Å²) in [4.78, 5) is 21.9. The van der Waals surface area contributed by atoms with Gasteiger partial charge in [0.15, 0.2) is 11.7 Å². The minimum atomic E-state index is -0.430. The number of aromatic nitrogens is 1. The maximum atomic E-state index is 12.2. The number of fused-ring (bicyclic) bond motifs is 1. The number of oxazole rings is 1. The Balaban J connectivity index is 1.09. The van der Waals surface area contributed by atoms with Gasteiger partial charge < -0.3 is 19.3 Å². The summed E-state index contributed by atoms with van der Waals surface area (Å²) >= 11 is 0. The second-order valence-electron chi connectivity index (χ2n) is 7.56. The first-order valence-electron chi connectivity index (χ1n) is 10.6. The molecule has 0 saturated heterocycles. The van der Waals surface area contributed by atoms with Crippen LogP contribution in [0.5, 0.6) is 5.75 Å². The highest BCUT2D eigenvalue weighted by Crippen LogP contribution is 2.30. The molecule has 0 saturated carbocycles. The number of carbonyl (C=O) groups is 1. The van der Waals surface area contributed by atoms with Crippen molar-refractivity contribution in [3.8, 4) is 16.9 Å². The van der Waals surface area contributed by atoms with Crippen molar-refractivity contribution in [1.29, 1.82) is 0 Å². The summed E-state index contributed by atoms with van der Waals surface area (Å²) in [6, 6.07) is 25.0. The average molecular weight is 442 g/mol. The van der Waals surface area contributed by atoms with Gasteiger partial charge in [-0.15, -0.1) is 0 Å². The van der Waals surface area contributed by atoms with Crippen LogP contribution in [0.4, 0.5) is 10.8 Å². The molecular weight excluding hydrogens is 420 g/mol. The molecule has 4 aromatic rings. The van der Waals surface area contributed by atoms with Crippen LogP contribution >= 0.6 is 0 Å². The standard InChI is InChI=1S/C25H22N4O4/c30-24(28-25-27-21-11-5-7-13-23(21)32-25)26-15-18-14-19(33-29-18)16-31-22-12-6-4-10-20(22)17-8-2-1-3-9-17/h1-13,19H,14-16H2,(H2,26,27,28,30). The second-order valence-corrected chi connectivity index (χ2v) is 7.56. The first-order valence-corrected chi connectivity index (χ1v) is 10.6. The van der Waals surface area contributed by atoms with E-state index in [-0.39, 0.29) is 18.7 Å². The van der Waals surface area contributed by atoms with Gasteiger partial charge in [0.25, 0.3) is 0 Å². The number of oxime groups is 1. The van der Waals surface area contributed by atoms with Gasteiger partial charge in [0.2, 0.25) is 0 Å². The highest BCUT2D eigenvalue weighted by molar-refractivity contribution is 5.94. The molecule has 1 unspecified atom stereocenters. The second kappa shape index (κ2) is 9.44. The third-order valence-corrected chi connectivity index (χ3v) is 5.16. The summed E-state index contributed by atoms with van der Waals surface area (Å²) in [5.74, 6) is 0.789. The van der Waals surface area contributed by atoms with Crippen LogP contribution in [-0.2, 0) is 4.84 Å². The van der Waals surface area contributed by atoms with Gasteiger partial charge in [0, 0.05) is 12.0 Å². The van der Waals surface area contributed by atoms with E-state index in [4.69, 9.17) is 14.0 Å². The molecule has 8 heteroatoms. The SMILES string of the molecule is O=C(NCC1=NOC(COc2ccccc2-c2ccccc2)C1)Nc1nc2ccccc2o1. The highest BCUT2D eigenvalue weighted by Gasteiger charge is 2.23. The number of amides is 2. The van der Waals surface area contributed by atoms with E-state index in [0.29, 0.717) is 24.1 Å². The minimum absolute atomic E-state index is 0.140.